The van der Waals surface area contributed by atoms with E-state index in [1.165, 1.54) is 5.56 Å². The lowest BCUT2D eigenvalue weighted by Crippen LogP contribution is -2.41. The van der Waals surface area contributed by atoms with Crippen LogP contribution in [0.15, 0.2) is 72.8 Å². The van der Waals surface area contributed by atoms with E-state index in [9.17, 15) is 4.79 Å². The van der Waals surface area contributed by atoms with Gasteiger partial charge in [0, 0.05) is 24.6 Å². The summed E-state index contributed by atoms with van der Waals surface area (Å²) in [6, 6.07) is 24.3. The Bertz CT molecular complexity index is 1210. The molecule has 0 radical (unpaired) electrons. The van der Waals surface area contributed by atoms with Crippen LogP contribution in [0, 0.1) is 6.92 Å². The molecule has 0 unspecified atom stereocenters. The maximum Gasteiger partial charge on any atom is 0.321 e. The van der Waals surface area contributed by atoms with Crippen LogP contribution in [0.3, 0.4) is 0 Å². The Labute approximate surface area is 182 Å². The number of H-pyrrole nitrogens is 1. The van der Waals surface area contributed by atoms with Crippen LogP contribution in [0.2, 0.25) is 0 Å². The summed E-state index contributed by atoms with van der Waals surface area (Å²) in [5, 5.41) is 3.14. The van der Waals surface area contributed by atoms with Crippen LogP contribution in [0.4, 0.5) is 10.5 Å². The van der Waals surface area contributed by atoms with E-state index in [4.69, 9.17) is 4.98 Å². The first kappa shape index (κ1) is 19.4. The van der Waals surface area contributed by atoms with Gasteiger partial charge in [0.2, 0.25) is 0 Å². The first-order chi connectivity index (χ1) is 15.2. The third-order valence-corrected chi connectivity index (χ3v) is 6.00. The molecule has 0 bridgehead atoms. The summed E-state index contributed by atoms with van der Waals surface area (Å²) < 4.78 is 0. The number of urea groups is 1. The number of aryl methyl sites for hydroxylation is 1. The van der Waals surface area contributed by atoms with Crippen LogP contribution in [0.25, 0.3) is 22.2 Å². The van der Waals surface area contributed by atoms with Crippen molar-refractivity contribution >= 4 is 22.8 Å². The van der Waals surface area contributed by atoms with Crippen molar-refractivity contribution in [2.75, 3.05) is 18.4 Å². The molecule has 1 atom stereocenters. The number of nitrogens with zero attached hydrogens (tertiary/aromatic N) is 2. The first-order valence-corrected chi connectivity index (χ1v) is 10.8. The smallest absolute Gasteiger partial charge is 0.321 e. The standard InChI is InChI=1S/C26H26N4O/c1-18-13-14-23-24(16-18)28-25(27-23)20-10-7-15-30(17-20)26(31)29-22-12-6-5-11-21(22)19-8-3-2-4-9-19/h2-6,8-9,11-14,16,20H,7,10,15,17H2,1H3,(H,27,28)(H,29,31)/t20-/m0/s1. The minimum atomic E-state index is -0.0555. The number of nitrogens with one attached hydrogen (secondary N) is 2. The Balaban J connectivity index is 1.33. The zero-order chi connectivity index (χ0) is 21.2. The van der Waals surface area contributed by atoms with Crippen LogP contribution >= 0.6 is 0 Å². The van der Waals surface area contributed by atoms with Crippen molar-refractivity contribution in [3.05, 3.63) is 84.2 Å². The summed E-state index contributed by atoms with van der Waals surface area (Å²) in [4.78, 5) is 23.3. The van der Waals surface area contributed by atoms with Crippen molar-refractivity contribution in [3.63, 3.8) is 0 Å². The molecule has 1 aromatic heterocycles. The monoisotopic (exact) mass is 410 g/mol. The van der Waals surface area contributed by atoms with Gasteiger partial charge in [-0.3, -0.25) is 0 Å². The van der Waals surface area contributed by atoms with Gasteiger partial charge in [-0.05, 0) is 49.1 Å². The van der Waals surface area contributed by atoms with Crippen LogP contribution in [-0.2, 0) is 0 Å². The van der Waals surface area contributed by atoms with Gasteiger partial charge in [0.1, 0.15) is 5.82 Å². The number of imidazole rings is 1. The summed E-state index contributed by atoms with van der Waals surface area (Å²) >= 11 is 0. The van der Waals surface area contributed by atoms with Crippen molar-refractivity contribution in [3.8, 4) is 11.1 Å². The average molecular weight is 411 g/mol. The Morgan fingerprint density at radius 1 is 1.06 bits per heavy atom. The molecule has 1 aliphatic heterocycles. The Kier molecular flexibility index (Phi) is 5.16. The molecule has 0 aliphatic carbocycles. The zero-order valence-electron chi connectivity index (χ0n) is 17.6. The predicted molar refractivity (Wildman–Crippen MR) is 125 cm³/mol. The molecule has 1 aliphatic rings. The number of para-hydroxylation sites is 1. The minimum Gasteiger partial charge on any atom is -0.342 e. The van der Waals surface area contributed by atoms with E-state index >= 15 is 0 Å². The number of hydrogen-bond acceptors (Lipinski definition) is 2. The van der Waals surface area contributed by atoms with Crippen molar-refractivity contribution in [2.24, 2.45) is 0 Å². The van der Waals surface area contributed by atoms with E-state index in [0.717, 1.165) is 53.1 Å². The number of aromatic amines is 1. The number of hydrogen-bond donors (Lipinski definition) is 2. The summed E-state index contributed by atoms with van der Waals surface area (Å²) in [6.07, 6.45) is 2.00. The number of carbonyl (C=O) groups excluding carboxylic acids is 1. The molecule has 2 heterocycles. The molecule has 31 heavy (non-hydrogen) atoms. The number of piperidine rings is 1. The number of aromatic nitrogens is 2. The Hall–Kier alpha value is -3.60. The van der Waals surface area contributed by atoms with Gasteiger partial charge in [-0.1, -0.05) is 54.6 Å². The molecular weight excluding hydrogens is 384 g/mol. The number of likely N-dealkylation sites (tertiary alicyclic amines) is 1. The van der Waals surface area contributed by atoms with Crippen molar-refractivity contribution in [2.45, 2.75) is 25.7 Å². The van der Waals surface area contributed by atoms with Crippen LogP contribution in [0.5, 0.6) is 0 Å². The first-order valence-electron chi connectivity index (χ1n) is 10.8. The molecule has 2 N–H and O–H groups in total. The van der Waals surface area contributed by atoms with Gasteiger partial charge < -0.3 is 15.2 Å². The maximum absolute atomic E-state index is 13.1. The molecule has 156 valence electrons. The average Bonchev–Trinajstić information content (AvgIpc) is 3.23. The van der Waals surface area contributed by atoms with Gasteiger partial charge in [0.15, 0.2) is 0 Å². The van der Waals surface area contributed by atoms with Crippen molar-refractivity contribution in [1.29, 1.82) is 0 Å². The second-order valence-electron chi connectivity index (χ2n) is 8.27. The van der Waals surface area contributed by atoms with Crippen LogP contribution in [-0.4, -0.2) is 34.0 Å². The highest BCUT2D eigenvalue weighted by molar-refractivity contribution is 5.94. The summed E-state index contributed by atoms with van der Waals surface area (Å²) in [5.41, 5.74) is 6.21. The number of anilines is 1. The largest absolute Gasteiger partial charge is 0.342 e. The quantitative estimate of drug-likeness (QED) is 0.438. The molecule has 4 aromatic rings. The topological polar surface area (TPSA) is 61.0 Å². The molecular formula is C26H26N4O. The van der Waals surface area contributed by atoms with E-state index in [2.05, 4.69) is 47.6 Å². The van der Waals surface area contributed by atoms with Crippen molar-refractivity contribution < 1.29 is 4.79 Å². The molecule has 3 aromatic carbocycles. The second kappa shape index (κ2) is 8.26. The van der Waals surface area contributed by atoms with Crippen molar-refractivity contribution in [1.82, 2.24) is 14.9 Å². The molecule has 5 rings (SSSR count). The van der Waals surface area contributed by atoms with Gasteiger partial charge in [0.25, 0.3) is 0 Å². The third kappa shape index (κ3) is 4.04. The number of amides is 2. The normalized spacial score (nSPS) is 16.4. The fourth-order valence-corrected chi connectivity index (χ4v) is 4.38. The van der Waals surface area contributed by atoms with E-state index < -0.39 is 0 Å². The van der Waals surface area contributed by atoms with Crippen LogP contribution in [0.1, 0.15) is 30.1 Å². The summed E-state index contributed by atoms with van der Waals surface area (Å²) in [6.45, 7) is 3.51. The highest BCUT2D eigenvalue weighted by Crippen LogP contribution is 2.30. The molecule has 0 saturated carbocycles. The SMILES string of the molecule is Cc1ccc2nc([C@H]3CCCN(C(=O)Nc4ccccc4-c4ccccc4)C3)[nH]c2c1. The Morgan fingerprint density at radius 2 is 1.87 bits per heavy atom. The van der Waals surface area contributed by atoms with Gasteiger partial charge in [-0.2, -0.15) is 0 Å². The highest BCUT2D eigenvalue weighted by atomic mass is 16.2. The lowest BCUT2D eigenvalue weighted by Gasteiger charge is -2.32. The number of fused-ring (bicyclic) bond motifs is 1. The van der Waals surface area contributed by atoms with E-state index in [-0.39, 0.29) is 11.9 Å². The van der Waals surface area contributed by atoms with E-state index in [1.54, 1.807) is 0 Å². The predicted octanol–water partition coefficient (Wildman–Crippen LogP) is 5.95. The fraction of sp³-hybridized carbons (Fsp3) is 0.231. The van der Waals surface area contributed by atoms with Gasteiger partial charge in [-0.15, -0.1) is 0 Å². The van der Waals surface area contributed by atoms with Crippen LogP contribution < -0.4 is 5.32 Å². The summed E-state index contributed by atoms with van der Waals surface area (Å²) in [5.74, 6) is 1.19. The molecule has 0 spiro atoms. The number of carbonyl (C=O) groups is 1. The molecule has 5 heteroatoms. The molecule has 1 saturated heterocycles. The molecule has 1 fully saturated rings. The highest BCUT2D eigenvalue weighted by Gasteiger charge is 2.27. The van der Waals surface area contributed by atoms with E-state index in [1.807, 2.05) is 47.4 Å². The number of benzene rings is 3. The lowest BCUT2D eigenvalue weighted by molar-refractivity contribution is 0.191. The van der Waals surface area contributed by atoms with Gasteiger partial charge in [0.05, 0.1) is 16.7 Å². The van der Waals surface area contributed by atoms with Gasteiger partial charge >= 0.3 is 6.03 Å². The Morgan fingerprint density at radius 3 is 2.74 bits per heavy atom. The van der Waals surface area contributed by atoms with E-state index in [0.29, 0.717) is 6.54 Å². The second-order valence-corrected chi connectivity index (χ2v) is 8.27. The van der Waals surface area contributed by atoms with Gasteiger partial charge in [-0.25, -0.2) is 9.78 Å². The minimum absolute atomic E-state index is 0.0555. The maximum atomic E-state index is 13.1. The lowest BCUT2D eigenvalue weighted by atomic mass is 9.97. The summed E-state index contributed by atoms with van der Waals surface area (Å²) in [7, 11) is 0. The molecule has 5 nitrogen and oxygen atoms in total. The molecule has 2 amide bonds. The fourth-order valence-electron chi connectivity index (χ4n) is 4.38. The third-order valence-electron chi connectivity index (χ3n) is 6.00. The number of rotatable bonds is 3. The zero-order valence-corrected chi connectivity index (χ0v) is 17.6.